The van der Waals surface area contributed by atoms with Crippen molar-refractivity contribution in [3.8, 4) is 0 Å². The molecule has 0 bridgehead atoms. The summed E-state index contributed by atoms with van der Waals surface area (Å²) in [6, 6.07) is 0. The Labute approximate surface area is 68.1 Å². The van der Waals surface area contributed by atoms with Gasteiger partial charge in [0.15, 0.2) is 12.6 Å². The minimum atomic E-state index is -2.10. The normalized spacial score (nSPS) is 14.8. The van der Waals surface area contributed by atoms with Crippen LogP contribution < -0.4 is 5.32 Å². The average Bonchev–Trinajstić information content (AvgIpc) is 2.05. The van der Waals surface area contributed by atoms with E-state index in [9.17, 15) is 17.6 Å². The van der Waals surface area contributed by atoms with Crippen molar-refractivity contribution < 1.29 is 27.0 Å². The number of hydrogen-bond acceptors (Lipinski definition) is 2. The third-order valence-electron chi connectivity index (χ3n) is 0.633. The molecule has 0 saturated heterocycles. The molecule has 0 aliphatic heterocycles. The molecule has 0 saturated carbocycles. The van der Waals surface area contributed by atoms with Crippen molar-refractivity contribution in [3.63, 3.8) is 0 Å². The third-order valence-corrected chi connectivity index (χ3v) is 0.633. The van der Waals surface area contributed by atoms with E-state index in [1.807, 2.05) is 0 Å². The molecule has 0 aliphatic rings. The second-order valence-corrected chi connectivity index (χ2v) is 1.66. The molecular formula is C4H8F4NO2P. The van der Waals surface area contributed by atoms with Crippen LogP contribution in [0.3, 0.4) is 0 Å². The van der Waals surface area contributed by atoms with E-state index >= 15 is 0 Å². The zero-order chi connectivity index (χ0) is 9.98. The summed E-state index contributed by atoms with van der Waals surface area (Å²) in [5.41, 5.74) is 0. The first kappa shape index (κ1) is 14.3. The SMILES string of the molecule is FCC(F)NC(F)CF.O=PO. The Balaban J connectivity index is 0. The van der Waals surface area contributed by atoms with Crippen LogP contribution in [-0.2, 0) is 4.57 Å². The zero-order valence-corrected chi connectivity index (χ0v) is 6.78. The Morgan fingerprint density at radius 1 is 1.25 bits per heavy atom. The maximum Gasteiger partial charge on any atom is 0.324 e. The molecule has 2 atom stereocenters. The quantitative estimate of drug-likeness (QED) is 0.416. The maximum atomic E-state index is 11.7. The van der Waals surface area contributed by atoms with Crippen molar-refractivity contribution >= 4 is 8.69 Å². The minimum absolute atomic E-state index is 0.833. The highest BCUT2D eigenvalue weighted by Crippen LogP contribution is 1.92. The summed E-state index contributed by atoms with van der Waals surface area (Å²) in [6.07, 6.45) is -4.20. The van der Waals surface area contributed by atoms with Crippen LogP contribution in [0.15, 0.2) is 0 Å². The molecule has 74 valence electrons. The van der Waals surface area contributed by atoms with E-state index in [0.717, 1.165) is 0 Å². The number of alkyl halides is 4. The van der Waals surface area contributed by atoms with Gasteiger partial charge in [0.25, 0.3) is 0 Å². The van der Waals surface area contributed by atoms with Gasteiger partial charge in [-0.15, -0.1) is 0 Å². The first-order valence-corrected chi connectivity index (χ1v) is 3.51. The van der Waals surface area contributed by atoms with Crippen molar-refractivity contribution in [1.29, 1.82) is 0 Å². The fourth-order valence-corrected chi connectivity index (χ4v) is 0.285. The summed E-state index contributed by atoms with van der Waals surface area (Å²) < 4.78 is 54.1. The highest BCUT2D eigenvalue weighted by Gasteiger charge is 2.11. The van der Waals surface area contributed by atoms with Crippen molar-refractivity contribution in [2.24, 2.45) is 0 Å². The van der Waals surface area contributed by atoms with Gasteiger partial charge in [-0.1, -0.05) is 0 Å². The molecule has 0 spiro atoms. The Morgan fingerprint density at radius 2 is 1.50 bits per heavy atom. The van der Waals surface area contributed by atoms with E-state index in [1.165, 1.54) is 5.32 Å². The molecule has 0 radical (unpaired) electrons. The van der Waals surface area contributed by atoms with E-state index in [-0.39, 0.29) is 0 Å². The second kappa shape index (κ2) is 10.7. The van der Waals surface area contributed by atoms with E-state index < -0.39 is 34.6 Å². The van der Waals surface area contributed by atoms with Crippen molar-refractivity contribution in [3.05, 3.63) is 0 Å². The molecule has 0 aromatic heterocycles. The van der Waals surface area contributed by atoms with Gasteiger partial charge in [-0.3, -0.25) is 5.32 Å². The van der Waals surface area contributed by atoms with Crippen LogP contribution in [0, 0.1) is 0 Å². The van der Waals surface area contributed by atoms with Crippen molar-refractivity contribution in [2.45, 2.75) is 12.6 Å². The summed E-state index contributed by atoms with van der Waals surface area (Å²) in [7, 11) is -0.833. The lowest BCUT2D eigenvalue weighted by atomic mass is 10.6. The Kier molecular flexibility index (Phi) is 12.8. The van der Waals surface area contributed by atoms with Gasteiger partial charge in [0, 0.05) is 0 Å². The minimum Gasteiger partial charge on any atom is -0.310 e. The molecule has 0 aromatic carbocycles. The topological polar surface area (TPSA) is 49.3 Å². The zero-order valence-electron chi connectivity index (χ0n) is 5.88. The molecule has 3 nitrogen and oxygen atoms in total. The number of hydrogen-bond donors (Lipinski definition) is 2. The fourth-order valence-electron chi connectivity index (χ4n) is 0.285. The summed E-state index contributed by atoms with van der Waals surface area (Å²) >= 11 is 0. The second-order valence-electron chi connectivity index (χ2n) is 1.49. The Bertz CT molecular complexity index is 101. The monoisotopic (exact) mass is 209 g/mol. The van der Waals surface area contributed by atoms with Crippen molar-refractivity contribution in [2.75, 3.05) is 13.3 Å². The molecule has 12 heavy (non-hydrogen) atoms. The number of halogens is 4. The maximum absolute atomic E-state index is 11.7. The highest BCUT2D eigenvalue weighted by molar-refractivity contribution is 7.16. The summed E-state index contributed by atoms with van der Waals surface area (Å²) in [6.45, 7) is -2.69. The lowest BCUT2D eigenvalue weighted by Crippen LogP contribution is -2.35. The van der Waals surface area contributed by atoms with Crippen LogP contribution in [-0.4, -0.2) is 30.8 Å². The van der Waals surface area contributed by atoms with Crippen LogP contribution in [0.2, 0.25) is 0 Å². The molecule has 2 unspecified atom stereocenters. The first-order valence-electron chi connectivity index (χ1n) is 2.75. The number of nitrogens with one attached hydrogen (secondary N) is 1. The van der Waals surface area contributed by atoms with Crippen LogP contribution in [0.25, 0.3) is 0 Å². The predicted octanol–water partition coefficient (Wildman–Crippen LogP) is 1.29. The van der Waals surface area contributed by atoms with Crippen LogP contribution in [0.1, 0.15) is 0 Å². The van der Waals surface area contributed by atoms with Gasteiger partial charge in [-0.25, -0.2) is 22.1 Å². The van der Waals surface area contributed by atoms with Crippen LogP contribution in [0.5, 0.6) is 0 Å². The third kappa shape index (κ3) is 12.4. The van der Waals surface area contributed by atoms with Crippen molar-refractivity contribution in [1.82, 2.24) is 5.32 Å². The van der Waals surface area contributed by atoms with Gasteiger partial charge >= 0.3 is 8.69 Å². The Hall–Kier alpha value is -0.260. The standard InChI is InChI=1S/C4H7F4N.HO2P/c5-1-3(7)9-4(8)2-6;1-3-2/h3-4,9H,1-2H2;(H,1,2). The summed E-state index contributed by atoms with van der Waals surface area (Å²) in [5, 5.41) is 1.40. The molecule has 0 heterocycles. The number of rotatable bonds is 4. The lowest BCUT2D eigenvalue weighted by molar-refractivity contribution is 0.123. The molecule has 0 amide bonds. The average molecular weight is 209 g/mol. The summed E-state index contributed by atoms with van der Waals surface area (Å²) in [5.74, 6) is 0. The van der Waals surface area contributed by atoms with Gasteiger partial charge in [0.1, 0.15) is 13.3 Å². The largest absolute Gasteiger partial charge is 0.324 e. The van der Waals surface area contributed by atoms with E-state index in [4.69, 9.17) is 9.46 Å². The molecule has 0 fully saturated rings. The highest BCUT2D eigenvalue weighted by atomic mass is 31.1. The predicted molar refractivity (Wildman–Crippen MR) is 34.7 cm³/mol. The first-order chi connectivity index (χ1) is 5.62. The Morgan fingerprint density at radius 3 is 1.67 bits per heavy atom. The van der Waals surface area contributed by atoms with Gasteiger partial charge < -0.3 is 4.89 Å². The molecule has 8 heteroatoms. The molecule has 2 N–H and O–H groups in total. The summed E-state index contributed by atoms with van der Waals surface area (Å²) in [4.78, 5) is 6.99. The van der Waals surface area contributed by atoms with Gasteiger partial charge in [0.05, 0.1) is 0 Å². The lowest BCUT2D eigenvalue weighted by Gasteiger charge is -2.07. The van der Waals surface area contributed by atoms with E-state index in [2.05, 4.69) is 0 Å². The van der Waals surface area contributed by atoms with Crippen LogP contribution in [0.4, 0.5) is 17.6 Å². The van der Waals surface area contributed by atoms with E-state index in [1.54, 1.807) is 0 Å². The van der Waals surface area contributed by atoms with Gasteiger partial charge in [-0.05, 0) is 0 Å². The molecule has 0 aliphatic carbocycles. The van der Waals surface area contributed by atoms with Crippen LogP contribution >= 0.6 is 8.69 Å². The molecule has 0 rings (SSSR count). The molecule has 0 aromatic rings. The van der Waals surface area contributed by atoms with Gasteiger partial charge in [0.2, 0.25) is 0 Å². The molecular weight excluding hydrogens is 201 g/mol. The smallest absolute Gasteiger partial charge is 0.310 e. The fraction of sp³-hybridized carbons (Fsp3) is 1.00. The van der Waals surface area contributed by atoms with Gasteiger partial charge in [-0.2, -0.15) is 0 Å². The van der Waals surface area contributed by atoms with E-state index in [0.29, 0.717) is 0 Å².